The molecular weight excluding hydrogens is 410 g/mol. The minimum absolute atomic E-state index is 0. The monoisotopic (exact) mass is 431 g/mol. The predicted octanol–water partition coefficient (Wildman–Crippen LogP) is 4.61. The molecule has 0 aromatic heterocycles. The van der Waals surface area contributed by atoms with Crippen LogP contribution in [0.25, 0.3) is 0 Å². The summed E-state index contributed by atoms with van der Waals surface area (Å²) in [5, 5.41) is 7.42. The molecule has 0 heterocycles. The molecule has 1 N–H and O–H groups in total. The number of benzene rings is 3. The van der Waals surface area contributed by atoms with E-state index in [1.54, 1.807) is 0 Å². The second-order valence-electron chi connectivity index (χ2n) is 3.75. The van der Waals surface area contributed by atoms with Gasteiger partial charge in [0.15, 0.2) is 0 Å². The Bertz CT molecular complexity index is 389. The van der Waals surface area contributed by atoms with Gasteiger partial charge >= 0.3 is 0 Å². The summed E-state index contributed by atoms with van der Waals surface area (Å²) >= 11 is 0. The van der Waals surface area contributed by atoms with Crippen molar-refractivity contribution in [2.75, 3.05) is 0 Å². The zero-order chi connectivity index (χ0) is 16.3. The van der Waals surface area contributed by atoms with Crippen molar-refractivity contribution in [3.05, 3.63) is 109 Å². The van der Waals surface area contributed by atoms with Crippen molar-refractivity contribution in [1.29, 1.82) is 0 Å². The van der Waals surface area contributed by atoms with Crippen LogP contribution in [-0.4, -0.2) is 11.1 Å². The van der Waals surface area contributed by atoms with Crippen LogP contribution in [0.3, 0.4) is 0 Å². The summed E-state index contributed by atoms with van der Waals surface area (Å²) in [5.41, 5.74) is 0. The minimum atomic E-state index is -0.833. The van der Waals surface area contributed by atoms with Crippen LogP contribution >= 0.6 is 9.90 Å². The molecule has 1 unspecified atom stereocenters. The van der Waals surface area contributed by atoms with Gasteiger partial charge in [-0.25, -0.2) is 0 Å². The largest absolute Gasteiger partial charge is 0.481 e. The topological polar surface area (TPSA) is 37.3 Å². The molecule has 3 rings (SSSR count). The molecule has 0 aliphatic rings. The molecule has 3 aromatic carbocycles. The summed E-state index contributed by atoms with van der Waals surface area (Å²) in [6.45, 7) is 1.08. The van der Waals surface area contributed by atoms with Crippen molar-refractivity contribution in [3.63, 3.8) is 0 Å². The van der Waals surface area contributed by atoms with E-state index in [1.165, 1.54) is 0 Å². The predicted molar refractivity (Wildman–Crippen MR) is 100 cm³/mol. The third-order valence-corrected chi connectivity index (χ3v) is 1.82. The Hall–Kier alpha value is -1.78. The third-order valence-electron chi connectivity index (χ3n) is 1.82. The second-order valence-corrected chi connectivity index (χ2v) is 3.75. The molecule has 0 saturated carbocycles. The normalized spacial score (nSPS) is 7.04. The van der Waals surface area contributed by atoms with E-state index in [4.69, 9.17) is 9.90 Å². The molecule has 0 spiro atoms. The van der Waals surface area contributed by atoms with E-state index in [-0.39, 0.29) is 30.3 Å². The van der Waals surface area contributed by atoms with Crippen LogP contribution in [0.2, 0.25) is 0 Å². The fraction of sp³-hybridized carbons (Fsp3) is 0.0500. The number of aliphatic carboxylic acids is 1. The van der Waals surface area contributed by atoms with Gasteiger partial charge in [0.1, 0.15) is 0 Å². The number of rotatable bonds is 0. The Kier molecular flexibility index (Phi) is 26.5. The molecule has 0 aliphatic heterocycles. The number of carbonyl (C=O) groups is 1. The van der Waals surface area contributed by atoms with Gasteiger partial charge in [0.25, 0.3) is 5.97 Å². The third kappa shape index (κ3) is 28.4. The van der Waals surface area contributed by atoms with Crippen molar-refractivity contribution in [1.82, 2.24) is 0 Å². The van der Waals surface area contributed by atoms with Crippen LogP contribution in [0.5, 0.6) is 0 Å². The van der Waals surface area contributed by atoms with Gasteiger partial charge in [0.05, 0.1) is 0 Å². The van der Waals surface area contributed by atoms with E-state index in [0.29, 0.717) is 0 Å². The van der Waals surface area contributed by atoms with Gasteiger partial charge in [0.2, 0.25) is 0 Å². The average Bonchev–Trinajstić information content (AvgIpc) is 2.60. The maximum atomic E-state index is 9.00. The SMILES string of the molecule is CC(=O)O.P.[Pd].[c-]1ccccc1.[c-]1ccccc1.[c-]1ccccc1. The second kappa shape index (κ2) is 23.5. The van der Waals surface area contributed by atoms with Crippen LogP contribution in [-0.2, 0) is 25.2 Å². The van der Waals surface area contributed by atoms with Crippen molar-refractivity contribution in [3.8, 4) is 0 Å². The van der Waals surface area contributed by atoms with E-state index in [1.807, 2.05) is 91.0 Å². The average molecular weight is 432 g/mol. The summed E-state index contributed by atoms with van der Waals surface area (Å²) < 4.78 is 0. The molecule has 24 heavy (non-hydrogen) atoms. The zero-order valence-corrected chi connectivity index (χ0v) is 16.5. The standard InChI is InChI=1S/3C6H5.C2H4O2.H3P.Pd/c3*1-2-4-6-5-3-1;1-2(3)4;;/h3*1-5H;1H3,(H,3,4);1H3;/q3*-1;;;. The Labute approximate surface area is 162 Å². The van der Waals surface area contributed by atoms with Crippen LogP contribution in [0.15, 0.2) is 91.0 Å². The first-order valence-electron chi connectivity index (χ1n) is 6.66. The Balaban J connectivity index is -0.000000241. The summed E-state index contributed by atoms with van der Waals surface area (Å²) in [4.78, 5) is 9.00. The molecule has 132 valence electrons. The minimum Gasteiger partial charge on any atom is -0.481 e. The maximum absolute atomic E-state index is 9.00. The number of carboxylic acids is 1. The summed E-state index contributed by atoms with van der Waals surface area (Å²) in [5.74, 6) is -0.833. The van der Waals surface area contributed by atoms with Crippen LogP contribution in [0.4, 0.5) is 0 Å². The van der Waals surface area contributed by atoms with E-state index in [0.717, 1.165) is 6.92 Å². The van der Waals surface area contributed by atoms with E-state index < -0.39 is 5.97 Å². The summed E-state index contributed by atoms with van der Waals surface area (Å²) in [6.07, 6.45) is 0. The fourth-order valence-electron chi connectivity index (χ4n) is 1.03. The number of carboxylic acid groups (broad SMARTS) is 1. The molecule has 3 aromatic rings. The van der Waals surface area contributed by atoms with Gasteiger partial charge in [-0.2, -0.15) is 119 Å². The van der Waals surface area contributed by atoms with Gasteiger partial charge in [-0.15, -0.1) is 0 Å². The van der Waals surface area contributed by atoms with Crippen LogP contribution in [0, 0.1) is 18.2 Å². The molecule has 0 saturated heterocycles. The first-order chi connectivity index (χ1) is 10.7. The first kappa shape index (κ1) is 27.1. The van der Waals surface area contributed by atoms with Gasteiger partial charge in [0, 0.05) is 27.3 Å². The van der Waals surface area contributed by atoms with Crippen LogP contribution in [0.1, 0.15) is 6.92 Å². The molecule has 0 amide bonds. The van der Waals surface area contributed by atoms with E-state index >= 15 is 0 Å². The number of hydrogen-bond acceptors (Lipinski definition) is 1. The maximum Gasteiger partial charge on any atom is 0.300 e. The molecule has 1 atom stereocenters. The van der Waals surface area contributed by atoms with E-state index in [2.05, 4.69) is 18.2 Å². The molecule has 4 heteroatoms. The van der Waals surface area contributed by atoms with Crippen molar-refractivity contribution >= 4 is 15.9 Å². The van der Waals surface area contributed by atoms with Gasteiger partial charge in [-0.1, -0.05) is 0 Å². The molecule has 0 fully saturated rings. The van der Waals surface area contributed by atoms with Crippen LogP contribution < -0.4 is 0 Å². The van der Waals surface area contributed by atoms with Gasteiger partial charge in [-0.3, -0.25) is 4.79 Å². The Morgan fingerprint density at radius 3 is 0.833 bits per heavy atom. The Morgan fingerprint density at radius 1 is 0.625 bits per heavy atom. The summed E-state index contributed by atoms with van der Waals surface area (Å²) in [6, 6.07) is 37.5. The first-order valence-corrected chi connectivity index (χ1v) is 6.66. The van der Waals surface area contributed by atoms with E-state index in [9.17, 15) is 0 Å². The summed E-state index contributed by atoms with van der Waals surface area (Å²) in [7, 11) is 0. The van der Waals surface area contributed by atoms with Crippen molar-refractivity contribution < 1.29 is 30.3 Å². The number of hydrogen-bond donors (Lipinski definition) is 1. The molecule has 2 nitrogen and oxygen atoms in total. The molecule has 0 aliphatic carbocycles. The molecule has 0 bridgehead atoms. The van der Waals surface area contributed by atoms with Gasteiger partial charge < -0.3 is 5.11 Å². The molecular formula is C20H22O2PPd-3. The molecule has 0 radical (unpaired) electrons. The fourth-order valence-corrected chi connectivity index (χ4v) is 1.03. The van der Waals surface area contributed by atoms with Crippen molar-refractivity contribution in [2.24, 2.45) is 0 Å². The Morgan fingerprint density at radius 2 is 0.792 bits per heavy atom. The zero-order valence-electron chi connectivity index (χ0n) is 13.5. The van der Waals surface area contributed by atoms with Gasteiger partial charge in [-0.05, 0) is 0 Å². The smallest absolute Gasteiger partial charge is 0.300 e. The van der Waals surface area contributed by atoms with Crippen molar-refractivity contribution in [2.45, 2.75) is 6.92 Å². The quantitative estimate of drug-likeness (QED) is 0.321.